The molecule has 3 N–H and O–H groups in total. The van der Waals surface area contributed by atoms with Gasteiger partial charge >= 0.3 is 6.03 Å². The lowest BCUT2D eigenvalue weighted by Crippen LogP contribution is -2.29. The number of hydrogen-bond acceptors (Lipinski definition) is 1. The molecule has 0 saturated heterocycles. The summed E-state index contributed by atoms with van der Waals surface area (Å²) in [6.07, 6.45) is 46.9. The van der Waals surface area contributed by atoms with E-state index >= 15 is 0 Å². The number of carbonyl (C=O) groups excluding carboxylic acids is 1. The smallest absolute Gasteiger partial charge is 0.312 e. The minimum absolute atomic E-state index is 0.402. The second-order valence-corrected chi connectivity index (χ2v) is 12.9. The van der Waals surface area contributed by atoms with E-state index in [-0.39, 0.29) is 0 Å². The molecule has 0 spiro atoms. The predicted molar refractivity (Wildman–Crippen MR) is 187 cm³/mol. The summed E-state index contributed by atoms with van der Waals surface area (Å²) < 4.78 is 0. The number of amides is 2. The van der Waals surface area contributed by atoms with E-state index in [0.29, 0.717) is 0 Å². The first-order valence-electron chi connectivity index (χ1n) is 19.2. The summed E-state index contributed by atoms with van der Waals surface area (Å²) >= 11 is 0. The van der Waals surface area contributed by atoms with E-state index in [4.69, 9.17) is 5.73 Å². The molecule has 0 aromatic rings. The van der Waals surface area contributed by atoms with E-state index in [1.54, 1.807) is 0 Å². The van der Waals surface area contributed by atoms with Crippen LogP contribution in [0.4, 0.5) is 4.79 Å². The van der Waals surface area contributed by atoms with Crippen LogP contribution in [-0.4, -0.2) is 12.6 Å². The zero-order chi connectivity index (χ0) is 30.3. The summed E-state index contributed by atoms with van der Waals surface area (Å²) in [5.41, 5.74) is 5.01. The Balaban J connectivity index is 0. The Labute approximate surface area is 260 Å². The number of hydrogen-bond donors (Lipinski definition) is 2. The first-order chi connectivity index (χ1) is 20.2. The topological polar surface area (TPSA) is 55.1 Å². The van der Waals surface area contributed by atoms with Crippen LogP contribution in [0.2, 0.25) is 0 Å². The highest BCUT2D eigenvalue weighted by Gasteiger charge is 1.96. The number of primary amides is 1. The van der Waals surface area contributed by atoms with Crippen LogP contribution >= 0.6 is 0 Å². The lowest BCUT2D eigenvalue weighted by atomic mass is 10.0. The number of nitrogens with one attached hydrogen (secondary N) is 1. The molecule has 0 aliphatic carbocycles. The first kappa shape index (κ1) is 42.4. The molecule has 0 aliphatic heterocycles. The van der Waals surface area contributed by atoms with Gasteiger partial charge < -0.3 is 11.1 Å². The Morgan fingerprint density at radius 2 is 0.512 bits per heavy atom. The fourth-order valence-corrected chi connectivity index (χ4v) is 5.68. The zero-order valence-electron chi connectivity index (χ0n) is 29.0. The van der Waals surface area contributed by atoms with Gasteiger partial charge in [0.05, 0.1) is 0 Å². The van der Waals surface area contributed by atoms with Crippen LogP contribution in [0, 0.1) is 0 Å². The van der Waals surface area contributed by atoms with Gasteiger partial charge in [-0.25, -0.2) is 4.79 Å². The summed E-state index contributed by atoms with van der Waals surface area (Å²) in [6.45, 7) is 7.60. The maximum atomic E-state index is 10.5. The molecule has 0 fully saturated rings. The fraction of sp³-hybridized carbons (Fsp3) is 0.974. The van der Waals surface area contributed by atoms with E-state index in [2.05, 4.69) is 26.1 Å². The molecule has 0 rings (SSSR count). The van der Waals surface area contributed by atoms with E-state index in [9.17, 15) is 4.79 Å². The molecule has 0 bridgehead atoms. The highest BCUT2D eigenvalue weighted by Crippen LogP contribution is 2.15. The third-order valence-electron chi connectivity index (χ3n) is 8.54. The average molecular weight is 581 g/mol. The SMILES string of the molecule is CCCCCCCCCCCCCCCCCCC.CCCCCCCCCCCCCCCCCCNC(N)=O. The first-order valence-corrected chi connectivity index (χ1v) is 19.2. The molecule has 0 aromatic heterocycles. The third kappa shape index (κ3) is 46.4. The van der Waals surface area contributed by atoms with Crippen molar-refractivity contribution in [2.75, 3.05) is 6.54 Å². The molecule has 0 heterocycles. The van der Waals surface area contributed by atoms with Crippen LogP contribution in [0.5, 0.6) is 0 Å². The zero-order valence-corrected chi connectivity index (χ0v) is 29.0. The summed E-state index contributed by atoms with van der Waals surface area (Å²) in [5, 5.41) is 2.63. The molecule has 3 nitrogen and oxygen atoms in total. The maximum absolute atomic E-state index is 10.5. The Hall–Kier alpha value is -0.730. The molecular formula is C38H80N2O. The number of nitrogens with two attached hydrogens (primary N) is 1. The average Bonchev–Trinajstić information content (AvgIpc) is 2.97. The van der Waals surface area contributed by atoms with Crippen molar-refractivity contribution >= 4 is 6.03 Å². The van der Waals surface area contributed by atoms with Crippen LogP contribution in [0.15, 0.2) is 0 Å². The molecular weight excluding hydrogens is 500 g/mol. The largest absolute Gasteiger partial charge is 0.352 e. The fourth-order valence-electron chi connectivity index (χ4n) is 5.68. The Morgan fingerprint density at radius 3 is 0.683 bits per heavy atom. The molecule has 41 heavy (non-hydrogen) atoms. The number of rotatable bonds is 33. The highest BCUT2D eigenvalue weighted by atomic mass is 16.2. The van der Waals surface area contributed by atoms with E-state index in [1.807, 2.05) is 0 Å². The van der Waals surface area contributed by atoms with Crippen molar-refractivity contribution in [3.8, 4) is 0 Å². The van der Waals surface area contributed by atoms with Crippen molar-refractivity contribution in [3.05, 3.63) is 0 Å². The van der Waals surface area contributed by atoms with E-state index in [0.717, 1.165) is 13.0 Å². The normalized spacial score (nSPS) is 10.9. The highest BCUT2D eigenvalue weighted by molar-refractivity contribution is 5.71. The van der Waals surface area contributed by atoms with Crippen LogP contribution in [-0.2, 0) is 0 Å². The van der Waals surface area contributed by atoms with Gasteiger partial charge in [0.1, 0.15) is 0 Å². The van der Waals surface area contributed by atoms with Crippen molar-refractivity contribution in [2.24, 2.45) is 5.73 Å². The number of unbranched alkanes of at least 4 members (excludes halogenated alkanes) is 31. The van der Waals surface area contributed by atoms with Crippen molar-refractivity contribution in [2.45, 2.75) is 233 Å². The van der Waals surface area contributed by atoms with Gasteiger partial charge in [-0.2, -0.15) is 0 Å². The summed E-state index contributed by atoms with van der Waals surface area (Å²) in [7, 11) is 0. The molecule has 0 aromatic carbocycles. The van der Waals surface area contributed by atoms with Gasteiger partial charge in [0, 0.05) is 6.54 Å². The minimum atomic E-state index is -0.402. The lowest BCUT2D eigenvalue weighted by molar-refractivity contribution is 0.248. The van der Waals surface area contributed by atoms with Crippen LogP contribution in [0.3, 0.4) is 0 Å². The van der Waals surface area contributed by atoms with Gasteiger partial charge in [-0.1, -0.05) is 226 Å². The van der Waals surface area contributed by atoms with E-state index in [1.165, 1.54) is 205 Å². The van der Waals surface area contributed by atoms with Crippen molar-refractivity contribution in [1.29, 1.82) is 0 Å². The standard InChI is InChI=1S/C19H40N2O.C19H40/c1-2-3-4-5-6-7-8-9-10-11-12-13-14-15-16-17-18-21-19(20)22;1-3-5-7-9-11-13-15-17-19-18-16-14-12-10-8-6-4-2/h2-18H2,1H3,(H3,20,21,22);3-19H2,1-2H3. The van der Waals surface area contributed by atoms with E-state index < -0.39 is 6.03 Å². The molecule has 0 unspecified atom stereocenters. The molecule has 0 radical (unpaired) electrons. The van der Waals surface area contributed by atoms with Gasteiger partial charge in [-0.15, -0.1) is 0 Å². The van der Waals surface area contributed by atoms with Gasteiger partial charge in [0.2, 0.25) is 0 Å². The van der Waals surface area contributed by atoms with Gasteiger partial charge in [-0.05, 0) is 6.42 Å². The summed E-state index contributed by atoms with van der Waals surface area (Å²) in [5.74, 6) is 0. The lowest BCUT2D eigenvalue weighted by Gasteiger charge is -2.04. The number of carbonyl (C=O) groups is 1. The number of urea groups is 1. The van der Waals surface area contributed by atoms with Crippen LogP contribution in [0.25, 0.3) is 0 Å². The maximum Gasteiger partial charge on any atom is 0.312 e. The van der Waals surface area contributed by atoms with Crippen molar-refractivity contribution < 1.29 is 4.79 Å². The molecule has 3 heteroatoms. The van der Waals surface area contributed by atoms with Gasteiger partial charge in [0.15, 0.2) is 0 Å². The second kappa shape index (κ2) is 41.4. The third-order valence-corrected chi connectivity index (χ3v) is 8.54. The van der Waals surface area contributed by atoms with Gasteiger partial charge in [0.25, 0.3) is 0 Å². The van der Waals surface area contributed by atoms with Crippen molar-refractivity contribution in [3.63, 3.8) is 0 Å². The molecule has 0 atom stereocenters. The predicted octanol–water partition coefficient (Wildman–Crippen LogP) is 13.6. The quantitative estimate of drug-likeness (QED) is 0.0745. The monoisotopic (exact) mass is 581 g/mol. The minimum Gasteiger partial charge on any atom is -0.352 e. The molecule has 248 valence electrons. The van der Waals surface area contributed by atoms with Crippen LogP contribution in [0.1, 0.15) is 233 Å². The second-order valence-electron chi connectivity index (χ2n) is 12.9. The van der Waals surface area contributed by atoms with Gasteiger partial charge in [-0.3, -0.25) is 0 Å². The molecule has 0 aliphatic rings. The summed E-state index contributed by atoms with van der Waals surface area (Å²) in [6, 6.07) is -0.402. The molecule has 2 amide bonds. The Kier molecular flexibility index (Phi) is 42.8. The van der Waals surface area contributed by atoms with Crippen molar-refractivity contribution in [1.82, 2.24) is 5.32 Å². The van der Waals surface area contributed by atoms with Crippen LogP contribution < -0.4 is 11.1 Å². The Bertz CT molecular complexity index is 438. The summed E-state index contributed by atoms with van der Waals surface area (Å²) in [4.78, 5) is 10.5. The molecule has 0 saturated carbocycles. The Morgan fingerprint density at radius 1 is 0.341 bits per heavy atom.